The molecule has 4 heteroatoms. The van der Waals surface area contributed by atoms with Crippen LogP contribution < -0.4 is 10.1 Å². The normalized spacial score (nSPS) is 12.8. The zero-order valence-electron chi connectivity index (χ0n) is 14.6. The largest absolute Gasteiger partial charge is 0.494 e. The van der Waals surface area contributed by atoms with Crippen molar-refractivity contribution in [3.05, 3.63) is 72.3 Å². The van der Waals surface area contributed by atoms with Crippen LogP contribution in [0.3, 0.4) is 0 Å². The van der Waals surface area contributed by atoms with Gasteiger partial charge in [-0.25, -0.2) is 4.68 Å². The summed E-state index contributed by atoms with van der Waals surface area (Å²) in [7, 11) is 1.69. The topological polar surface area (TPSA) is 39.1 Å². The van der Waals surface area contributed by atoms with Crippen molar-refractivity contribution in [2.45, 2.75) is 6.42 Å². The molecule has 0 bridgehead atoms. The number of anilines is 1. The molecule has 0 unspecified atom stereocenters. The molecule has 26 heavy (non-hydrogen) atoms. The molecule has 1 N–H and O–H groups in total. The van der Waals surface area contributed by atoms with Crippen LogP contribution in [0.1, 0.15) is 5.56 Å². The summed E-state index contributed by atoms with van der Waals surface area (Å²) in [6.45, 7) is 0.933. The number of methoxy groups -OCH3 is 1. The molecule has 0 fully saturated rings. The average molecular weight is 341 g/mol. The summed E-state index contributed by atoms with van der Waals surface area (Å²) in [6, 6.07) is 23.0. The van der Waals surface area contributed by atoms with Gasteiger partial charge in [-0.15, -0.1) is 0 Å². The van der Waals surface area contributed by atoms with Crippen LogP contribution in [0.2, 0.25) is 0 Å². The van der Waals surface area contributed by atoms with Crippen LogP contribution in [0.25, 0.3) is 27.7 Å². The maximum absolute atomic E-state index is 5.54. The third kappa shape index (κ3) is 2.26. The van der Waals surface area contributed by atoms with E-state index in [0.29, 0.717) is 0 Å². The van der Waals surface area contributed by atoms with Crippen molar-refractivity contribution in [3.63, 3.8) is 0 Å². The maximum atomic E-state index is 5.54. The first-order chi connectivity index (χ1) is 12.8. The molecule has 0 amide bonds. The molecule has 4 nitrogen and oxygen atoms in total. The predicted octanol–water partition coefficient (Wildman–Crippen LogP) is 4.67. The number of fused-ring (bicyclic) bond motifs is 2. The minimum atomic E-state index is 0.816. The molecule has 1 aliphatic heterocycles. The van der Waals surface area contributed by atoms with Gasteiger partial charge in [0.25, 0.3) is 0 Å². The summed E-state index contributed by atoms with van der Waals surface area (Å²) in [4.78, 5) is 0. The summed E-state index contributed by atoms with van der Waals surface area (Å²) < 4.78 is 7.52. The number of hydrogen-bond acceptors (Lipinski definition) is 3. The fourth-order valence-electron chi connectivity index (χ4n) is 3.72. The third-order valence-electron chi connectivity index (χ3n) is 4.99. The molecule has 128 valence electrons. The Labute approximate surface area is 152 Å². The van der Waals surface area contributed by atoms with E-state index in [2.05, 4.69) is 47.8 Å². The molecule has 0 atom stereocenters. The minimum Gasteiger partial charge on any atom is -0.494 e. The van der Waals surface area contributed by atoms with Gasteiger partial charge in [-0.05, 0) is 35.4 Å². The third-order valence-corrected chi connectivity index (χ3v) is 4.99. The summed E-state index contributed by atoms with van der Waals surface area (Å²) >= 11 is 0. The first-order valence-corrected chi connectivity index (χ1v) is 8.83. The van der Waals surface area contributed by atoms with E-state index in [-0.39, 0.29) is 0 Å². The van der Waals surface area contributed by atoms with E-state index in [4.69, 9.17) is 9.84 Å². The average Bonchev–Trinajstić information content (AvgIpc) is 3.30. The number of benzene rings is 3. The number of aromatic nitrogens is 2. The Balaban J connectivity index is 1.71. The molecular formula is C22H19N3O. The molecule has 0 saturated carbocycles. The highest BCUT2D eigenvalue weighted by Gasteiger charge is 2.25. The Hall–Kier alpha value is -3.27. The lowest BCUT2D eigenvalue weighted by Crippen LogP contribution is -2.05. The number of rotatable bonds is 3. The second kappa shape index (κ2) is 5.92. The van der Waals surface area contributed by atoms with Crippen molar-refractivity contribution in [2.24, 2.45) is 0 Å². The number of nitrogens with one attached hydrogen (secondary N) is 1. The Bertz CT molecular complexity index is 1110. The van der Waals surface area contributed by atoms with Gasteiger partial charge in [0, 0.05) is 17.7 Å². The first kappa shape index (κ1) is 15.0. The second-order valence-electron chi connectivity index (χ2n) is 6.50. The van der Waals surface area contributed by atoms with Crippen molar-refractivity contribution in [1.29, 1.82) is 0 Å². The lowest BCUT2D eigenvalue weighted by molar-refractivity contribution is 0.412. The van der Waals surface area contributed by atoms with Crippen molar-refractivity contribution in [2.75, 3.05) is 19.0 Å². The number of para-hydroxylation sites is 2. The molecule has 4 aromatic rings. The molecule has 3 aromatic carbocycles. The maximum Gasteiger partial charge on any atom is 0.144 e. The molecule has 5 rings (SSSR count). The van der Waals surface area contributed by atoms with Crippen LogP contribution in [0.4, 0.5) is 5.82 Å². The van der Waals surface area contributed by atoms with Gasteiger partial charge in [-0.2, -0.15) is 5.10 Å². The van der Waals surface area contributed by atoms with Gasteiger partial charge in [0.05, 0.1) is 12.8 Å². The highest BCUT2D eigenvalue weighted by Crippen LogP contribution is 2.37. The molecule has 0 aliphatic carbocycles. The monoisotopic (exact) mass is 341 g/mol. The molecule has 1 aliphatic rings. The van der Waals surface area contributed by atoms with Gasteiger partial charge in [0.2, 0.25) is 0 Å². The Morgan fingerprint density at radius 3 is 2.65 bits per heavy atom. The lowest BCUT2D eigenvalue weighted by Gasteiger charge is -2.10. The standard InChI is InChI=1S/C22H19N3O/c1-26-20-9-5-4-8-19(20)25-22-18(12-13-23-22)21(24-25)17-11-10-15-6-2-3-7-16(15)14-17/h2-11,14,23H,12-13H2,1H3. The van der Waals surface area contributed by atoms with Gasteiger partial charge >= 0.3 is 0 Å². The summed E-state index contributed by atoms with van der Waals surface area (Å²) in [5.74, 6) is 1.88. The second-order valence-corrected chi connectivity index (χ2v) is 6.50. The van der Waals surface area contributed by atoms with E-state index >= 15 is 0 Å². The summed E-state index contributed by atoms with van der Waals surface area (Å²) in [6.07, 6.45) is 0.979. The number of ether oxygens (including phenoxy) is 1. The zero-order valence-corrected chi connectivity index (χ0v) is 14.6. The van der Waals surface area contributed by atoms with Crippen LogP contribution >= 0.6 is 0 Å². The number of nitrogens with zero attached hydrogens (tertiary/aromatic N) is 2. The fourth-order valence-corrected chi connectivity index (χ4v) is 3.72. The molecule has 0 saturated heterocycles. The van der Waals surface area contributed by atoms with E-state index < -0.39 is 0 Å². The van der Waals surface area contributed by atoms with Crippen LogP contribution in [-0.4, -0.2) is 23.4 Å². The lowest BCUT2D eigenvalue weighted by atomic mass is 10.0. The van der Waals surface area contributed by atoms with Crippen LogP contribution in [0.5, 0.6) is 5.75 Å². The van der Waals surface area contributed by atoms with E-state index in [1.807, 2.05) is 28.9 Å². The Morgan fingerprint density at radius 1 is 0.962 bits per heavy atom. The summed E-state index contributed by atoms with van der Waals surface area (Å²) in [5, 5.41) is 10.9. The van der Waals surface area contributed by atoms with Crippen molar-refractivity contribution >= 4 is 16.6 Å². The number of hydrogen-bond donors (Lipinski definition) is 1. The van der Waals surface area contributed by atoms with Crippen LogP contribution in [0.15, 0.2) is 66.7 Å². The molecule has 1 aromatic heterocycles. The quantitative estimate of drug-likeness (QED) is 0.588. The first-order valence-electron chi connectivity index (χ1n) is 8.83. The molecular weight excluding hydrogens is 322 g/mol. The SMILES string of the molecule is COc1ccccc1-n1nc(-c2ccc3ccccc3c2)c2c1NCC2. The van der Waals surface area contributed by atoms with Crippen molar-refractivity contribution in [1.82, 2.24) is 9.78 Å². The smallest absolute Gasteiger partial charge is 0.144 e. The molecule has 0 spiro atoms. The summed E-state index contributed by atoms with van der Waals surface area (Å²) in [5.41, 5.74) is 4.41. The van der Waals surface area contributed by atoms with Gasteiger partial charge in [0.1, 0.15) is 17.3 Å². The minimum absolute atomic E-state index is 0.816. The van der Waals surface area contributed by atoms with E-state index in [0.717, 1.165) is 41.5 Å². The van der Waals surface area contributed by atoms with Gasteiger partial charge < -0.3 is 10.1 Å². The Kier molecular flexibility index (Phi) is 3.42. The van der Waals surface area contributed by atoms with E-state index in [1.54, 1.807) is 7.11 Å². The molecule has 2 heterocycles. The van der Waals surface area contributed by atoms with Crippen LogP contribution in [-0.2, 0) is 6.42 Å². The van der Waals surface area contributed by atoms with Gasteiger partial charge in [-0.3, -0.25) is 0 Å². The van der Waals surface area contributed by atoms with Crippen molar-refractivity contribution < 1.29 is 4.74 Å². The molecule has 0 radical (unpaired) electrons. The van der Waals surface area contributed by atoms with Crippen molar-refractivity contribution in [3.8, 4) is 22.7 Å². The van der Waals surface area contributed by atoms with E-state index in [1.165, 1.54) is 16.3 Å². The fraction of sp³-hybridized carbons (Fsp3) is 0.136. The van der Waals surface area contributed by atoms with E-state index in [9.17, 15) is 0 Å². The highest BCUT2D eigenvalue weighted by molar-refractivity contribution is 5.88. The highest BCUT2D eigenvalue weighted by atomic mass is 16.5. The zero-order chi connectivity index (χ0) is 17.5. The van der Waals surface area contributed by atoms with Gasteiger partial charge in [-0.1, -0.05) is 48.5 Å². The Morgan fingerprint density at radius 2 is 1.77 bits per heavy atom. The van der Waals surface area contributed by atoms with Gasteiger partial charge in [0.15, 0.2) is 0 Å². The predicted molar refractivity (Wildman–Crippen MR) is 105 cm³/mol. The van der Waals surface area contributed by atoms with Crippen LogP contribution in [0, 0.1) is 0 Å².